The zero-order valence-corrected chi connectivity index (χ0v) is 13.8. The molecular weight excluding hydrogens is 358 g/mol. The van der Waals surface area contributed by atoms with Gasteiger partial charge in [-0.05, 0) is 31.0 Å². The Morgan fingerprint density at radius 2 is 2.05 bits per heavy atom. The minimum atomic E-state index is -0.321. The smallest absolute Gasteiger partial charge is 0.253 e. The van der Waals surface area contributed by atoms with Gasteiger partial charge in [-0.1, -0.05) is 27.5 Å². The molecule has 2 amide bonds. The summed E-state index contributed by atoms with van der Waals surface area (Å²) in [6.45, 7) is 1.78. The largest absolute Gasteiger partial charge is 0.369 e. The summed E-state index contributed by atoms with van der Waals surface area (Å²) in [6, 6.07) is 5.29. The van der Waals surface area contributed by atoms with Crippen LogP contribution in [0.5, 0.6) is 0 Å². The highest BCUT2D eigenvalue weighted by atomic mass is 79.9. The maximum Gasteiger partial charge on any atom is 0.253 e. The molecule has 0 aromatic heterocycles. The van der Waals surface area contributed by atoms with Crippen LogP contribution in [-0.4, -0.2) is 42.4 Å². The van der Waals surface area contributed by atoms with Gasteiger partial charge in [0.25, 0.3) is 5.91 Å². The Hall–Kier alpha value is -1.11. The minimum Gasteiger partial charge on any atom is -0.369 e. The lowest BCUT2D eigenvalue weighted by atomic mass is 10.0. The number of hydrogen-bond donors (Lipinski definition) is 2. The second-order valence-corrected chi connectivity index (χ2v) is 6.44. The van der Waals surface area contributed by atoms with Gasteiger partial charge in [0, 0.05) is 23.6 Å². The molecule has 2 rings (SSSR count). The first-order valence-electron chi connectivity index (χ1n) is 6.72. The Morgan fingerprint density at radius 3 is 2.67 bits per heavy atom. The summed E-state index contributed by atoms with van der Waals surface area (Å²) in [7, 11) is 0. The van der Waals surface area contributed by atoms with E-state index in [-0.39, 0.29) is 24.4 Å². The monoisotopic (exact) mass is 373 g/mol. The second-order valence-electron chi connectivity index (χ2n) is 5.11. The summed E-state index contributed by atoms with van der Waals surface area (Å²) in [4.78, 5) is 25.1. The van der Waals surface area contributed by atoms with Crippen LogP contribution < -0.4 is 11.1 Å². The van der Waals surface area contributed by atoms with Crippen LogP contribution in [0.1, 0.15) is 23.2 Å². The number of carbonyl (C=O) groups is 2. The number of piperidine rings is 1. The van der Waals surface area contributed by atoms with Crippen molar-refractivity contribution in [3.05, 3.63) is 33.3 Å². The number of benzene rings is 1. The lowest BCUT2D eigenvalue weighted by Gasteiger charge is -2.31. The van der Waals surface area contributed by atoms with Crippen molar-refractivity contribution in [3.8, 4) is 0 Å². The molecule has 0 saturated carbocycles. The van der Waals surface area contributed by atoms with Gasteiger partial charge in [0.1, 0.15) is 0 Å². The zero-order chi connectivity index (χ0) is 15.4. The summed E-state index contributed by atoms with van der Waals surface area (Å²) < 4.78 is 0.813. The maximum absolute atomic E-state index is 12.2. The third-order valence-electron chi connectivity index (χ3n) is 3.48. The number of halogens is 2. The van der Waals surface area contributed by atoms with Crippen molar-refractivity contribution in [2.75, 3.05) is 19.6 Å². The predicted molar refractivity (Wildman–Crippen MR) is 85.3 cm³/mol. The van der Waals surface area contributed by atoms with E-state index in [1.165, 1.54) is 0 Å². The molecule has 1 aromatic rings. The van der Waals surface area contributed by atoms with Crippen molar-refractivity contribution in [1.29, 1.82) is 0 Å². The third-order valence-corrected chi connectivity index (χ3v) is 4.30. The van der Waals surface area contributed by atoms with E-state index in [4.69, 9.17) is 17.3 Å². The fourth-order valence-corrected chi connectivity index (χ4v) is 2.95. The third kappa shape index (κ3) is 4.69. The van der Waals surface area contributed by atoms with Crippen LogP contribution >= 0.6 is 27.5 Å². The van der Waals surface area contributed by atoms with Gasteiger partial charge in [-0.25, -0.2) is 0 Å². The van der Waals surface area contributed by atoms with Crippen molar-refractivity contribution < 1.29 is 9.59 Å². The van der Waals surface area contributed by atoms with Gasteiger partial charge in [0.2, 0.25) is 5.91 Å². The lowest BCUT2D eigenvalue weighted by molar-refractivity contribution is -0.119. The van der Waals surface area contributed by atoms with Crippen LogP contribution in [0.4, 0.5) is 0 Å². The SMILES string of the molecule is NC(=O)CN1CCC(NC(=O)c2cc(Br)ccc2Cl)CC1. The van der Waals surface area contributed by atoms with E-state index < -0.39 is 0 Å². The number of nitrogens with one attached hydrogen (secondary N) is 1. The first-order valence-corrected chi connectivity index (χ1v) is 7.89. The first kappa shape index (κ1) is 16.3. The minimum absolute atomic E-state index is 0.0941. The molecule has 0 spiro atoms. The van der Waals surface area contributed by atoms with E-state index >= 15 is 0 Å². The van der Waals surface area contributed by atoms with Gasteiger partial charge in [-0.2, -0.15) is 0 Å². The summed E-state index contributed by atoms with van der Waals surface area (Å²) in [5.74, 6) is -0.493. The molecule has 114 valence electrons. The standard InChI is InChI=1S/C14H17BrClN3O2/c15-9-1-2-12(16)11(7-9)14(21)18-10-3-5-19(6-4-10)8-13(17)20/h1-2,7,10H,3-6,8H2,(H2,17,20)(H,18,21). The van der Waals surface area contributed by atoms with Crippen LogP contribution in [0.3, 0.4) is 0 Å². The number of nitrogens with two attached hydrogens (primary N) is 1. The second kappa shape index (κ2) is 7.24. The molecule has 1 aliphatic rings. The lowest BCUT2D eigenvalue weighted by Crippen LogP contribution is -2.46. The molecule has 1 aromatic carbocycles. The molecule has 7 heteroatoms. The highest BCUT2D eigenvalue weighted by Crippen LogP contribution is 2.21. The molecule has 0 aliphatic carbocycles. The van der Waals surface area contributed by atoms with Gasteiger partial charge in [0.05, 0.1) is 17.1 Å². The molecule has 1 aliphatic heterocycles. The molecule has 0 unspecified atom stereocenters. The van der Waals surface area contributed by atoms with Gasteiger partial charge in [-0.3, -0.25) is 14.5 Å². The highest BCUT2D eigenvalue weighted by molar-refractivity contribution is 9.10. The van der Waals surface area contributed by atoms with E-state index in [1.807, 2.05) is 4.90 Å². The number of carbonyl (C=O) groups excluding carboxylic acids is 2. The topological polar surface area (TPSA) is 75.4 Å². The average Bonchev–Trinajstić information content (AvgIpc) is 2.43. The van der Waals surface area contributed by atoms with E-state index in [0.29, 0.717) is 10.6 Å². The fourth-order valence-electron chi connectivity index (χ4n) is 2.39. The van der Waals surface area contributed by atoms with Crippen LogP contribution in [0.2, 0.25) is 5.02 Å². The number of likely N-dealkylation sites (tertiary alicyclic amines) is 1. The van der Waals surface area contributed by atoms with Crippen molar-refractivity contribution in [3.63, 3.8) is 0 Å². The fraction of sp³-hybridized carbons (Fsp3) is 0.429. The molecule has 5 nitrogen and oxygen atoms in total. The van der Waals surface area contributed by atoms with Gasteiger partial charge in [-0.15, -0.1) is 0 Å². The Balaban J connectivity index is 1.90. The van der Waals surface area contributed by atoms with Crippen molar-refractivity contribution >= 4 is 39.3 Å². The van der Waals surface area contributed by atoms with Crippen LogP contribution in [-0.2, 0) is 4.79 Å². The highest BCUT2D eigenvalue weighted by Gasteiger charge is 2.22. The molecule has 0 bridgehead atoms. The molecular formula is C14H17BrClN3O2. The average molecular weight is 375 g/mol. The summed E-state index contributed by atoms with van der Waals surface area (Å²) >= 11 is 9.38. The number of primary amides is 1. The van der Waals surface area contributed by atoms with E-state index in [1.54, 1.807) is 18.2 Å². The molecule has 3 N–H and O–H groups in total. The summed E-state index contributed by atoms with van der Waals surface area (Å²) in [5.41, 5.74) is 5.64. The number of amides is 2. The summed E-state index contributed by atoms with van der Waals surface area (Å²) in [6.07, 6.45) is 1.59. The molecule has 21 heavy (non-hydrogen) atoms. The molecule has 0 atom stereocenters. The molecule has 0 radical (unpaired) electrons. The van der Waals surface area contributed by atoms with E-state index in [0.717, 1.165) is 30.4 Å². The van der Waals surface area contributed by atoms with Gasteiger partial charge in [0.15, 0.2) is 0 Å². The number of hydrogen-bond acceptors (Lipinski definition) is 3. The first-order chi connectivity index (χ1) is 9.95. The maximum atomic E-state index is 12.2. The van der Waals surface area contributed by atoms with Crippen LogP contribution in [0.25, 0.3) is 0 Å². The Morgan fingerprint density at radius 1 is 1.38 bits per heavy atom. The normalized spacial score (nSPS) is 16.7. The quantitative estimate of drug-likeness (QED) is 0.843. The van der Waals surface area contributed by atoms with Crippen molar-refractivity contribution in [2.45, 2.75) is 18.9 Å². The van der Waals surface area contributed by atoms with Gasteiger partial charge >= 0.3 is 0 Å². The zero-order valence-electron chi connectivity index (χ0n) is 11.4. The number of nitrogens with zero attached hydrogens (tertiary/aromatic N) is 1. The van der Waals surface area contributed by atoms with E-state index in [2.05, 4.69) is 21.2 Å². The predicted octanol–water partition coefficient (Wildman–Crippen LogP) is 1.78. The van der Waals surface area contributed by atoms with Gasteiger partial charge < -0.3 is 11.1 Å². The molecule has 1 heterocycles. The van der Waals surface area contributed by atoms with Crippen LogP contribution in [0, 0.1) is 0 Å². The van der Waals surface area contributed by atoms with E-state index in [9.17, 15) is 9.59 Å². The molecule has 1 saturated heterocycles. The van der Waals surface area contributed by atoms with Crippen molar-refractivity contribution in [1.82, 2.24) is 10.2 Å². The van der Waals surface area contributed by atoms with Crippen LogP contribution in [0.15, 0.2) is 22.7 Å². The summed E-state index contributed by atoms with van der Waals surface area (Å²) in [5, 5.41) is 3.42. The van der Waals surface area contributed by atoms with Crippen molar-refractivity contribution in [2.24, 2.45) is 5.73 Å². The Bertz CT molecular complexity index is 545. The Kier molecular flexibility index (Phi) is 5.61. The number of rotatable bonds is 4. The Labute approximate surface area is 136 Å². The molecule has 1 fully saturated rings.